The highest BCUT2D eigenvalue weighted by atomic mass is 79.9. The van der Waals surface area contributed by atoms with Gasteiger partial charge in [-0.2, -0.15) is 5.26 Å². The van der Waals surface area contributed by atoms with Crippen molar-refractivity contribution in [2.45, 2.75) is 13.3 Å². The van der Waals surface area contributed by atoms with Crippen LogP contribution in [-0.2, 0) is 4.74 Å². The molecule has 0 bridgehead atoms. The molecular weight excluding hydrogens is 296 g/mol. The minimum Gasteiger partial charge on any atom is -0.462 e. The number of benzene rings is 1. The van der Waals surface area contributed by atoms with E-state index in [2.05, 4.69) is 15.9 Å². The van der Waals surface area contributed by atoms with Crippen LogP contribution in [-0.4, -0.2) is 12.6 Å². The van der Waals surface area contributed by atoms with Crippen LogP contribution in [0.3, 0.4) is 0 Å². The van der Waals surface area contributed by atoms with E-state index in [9.17, 15) is 13.6 Å². The van der Waals surface area contributed by atoms with Gasteiger partial charge in [-0.15, -0.1) is 0 Å². The second kappa shape index (κ2) is 5.73. The molecule has 0 atom stereocenters. The van der Waals surface area contributed by atoms with Crippen LogP contribution < -0.4 is 0 Å². The fraction of sp³-hybridized carbons (Fsp3) is 0.273. The Labute approximate surface area is 105 Å². The standard InChI is InChI=1S/C11H8BrF2NO2/c1-2-17-11(16)9-7(5-15)6(10(13)14)3-4-8(9)12/h3-4,10H,2H2,1H3. The van der Waals surface area contributed by atoms with Crippen LogP contribution in [0.4, 0.5) is 8.78 Å². The molecule has 0 spiro atoms. The van der Waals surface area contributed by atoms with Crippen molar-refractivity contribution in [2.24, 2.45) is 0 Å². The van der Waals surface area contributed by atoms with Crippen LogP contribution in [0.2, 0.25) is 0 Å². The van der Waals surface area contributed by atoms with E-state index in [4.69, 9.17) is 10.00 Å². The van der Waals surface area contributed by atoms with Crippen LogP contribution in [0.25, 0.3) is 0 Å². The number of esters is 1. The Balaban J connectivity index is 3.42. The Morgan fingerprint density at radius 2 is 2.24 bits per heavy atom. The highest BCUT2D eigenvalue weighted by Gasteiger charge is 2.23. The van der Waals surface area contributed by atoms with Gasteiger partial charge in [0.1, 0.15) is 6.07 Å². The smallest absolute Gasteiger partial charge is 0.340 e. The van der Waals surface area contributed by atoms with Gasteiger partial charge < -0.3 is 4.74 Å². The molecule has 0 aliphatic carbocycles. The average Bonchev–Trinajstić information content (AvgIpc) is 2.28. The van der Waals surface area contributed by atoms with Crippen molar-refractivity contribution in [3.63, 3.8) is 0 Å². The summed E-state index contributed by atoms with van der Waals surface area (Å²) in [5, 5.41) is 8.88. The first-order valence-electron chi connectivity index (χ1n) is 4.70. The topological polar surface area (TPSA) is 50.1 Å². The SMILES string of the molecule is CCOC(=O)c1c(Br)ccc(C(F)F)c1C#N. The first kappa shape index (κ1) is 13.6. The maximum atomic E-state index is 12.7. The number of hydrogen-bond acceptors (Lipinski definition) is 3. The van der Waals surface area contributed by atoms with Gasteiger partial charge in [-0.1, -0.05) is 6.07 Å². The Bertz CT molecular complexity index is 483. The third-order valence-corrected chi connectivity index (χ3v) is 2.67. The summed E-state index contributed by atoms with van der Waals surface area (Å²) in [6.07, 6.45) is -2.81. The molecule has 0 saturated heterocycles. The van der Waals surface area contributed by atoms with Crippen molar-refractivity contribution in [1.29, 1.82) is 5.26 Å². The van der Waals surface area contributed by atoms with Gasteiger partial charge >= 0.3 is 5.97 Å². The van der Waals surface area contributed by atoms with E-state index in [0.717, 1.165) is 6.07 Å². The third kappa shape index (κ3) is 2.80. The van der Waals surface area contributed by atoms with Gasteiger partial charge in [0.2, 0.25) is 0 Å². The lowest BCUT2D eigenvalue weighted by molar-refractivity contribution is 0.0524. The maximum absolute atomic E-state index is 12.7. The van der Waals surface area contributed by atoms with Crippen molar-refractivity contribution in [3.05, 3.63) is 33.3 Å². The monoisotopic (exact) mass is 303 g/mol. The Morgan fingerprint density at radius 1 is 1.59 bits per heavy atom. The predicted molar refractivity (Wildman–Crippen MR) is 59.8 cm³/mol. The number of rotatable bonds is 3. The van der Waals surface area contributed by atoms with E-state index in [0.29, 0.717) is 0 Å². The molecule has 0 fully saturated rings. The van der Waals surface area contributed by atoms with Crippen molar-refractivity contribution in [1.82, 2.24) is 0 Å². The van der Waals surface area contributed by atoms with Gasteiger partial charge in [0.15, 0.2) is 0 Å². The average molecular weight is 304 g/mol. The number of hydrogen-bond donors (Lipinski definition) is 0. The summed E-state index contributed by atoms with van der Waals surface area (Å²) < 4.78 is 30.3. The molecule has 17 heavy (non-hydrogen) atoms. The summed E-state index contributed by atoms with van der Waals surface area (Å²) in [5.74, 6) is -0.793. The molecule has 0 aliphatic rings. The third-order valence-electron chi connectivity index (χ3n) is 2.01. The molecule has 90 valence electrons. The molecule has 0 aliphatic heterocycles. The van der Waals surface area contributed by atoms with Gasteiger partial charge in [-0.3, -0.25) is 0 Å². The highest BCUT2D eigenvalue weighted by Crippen LogP contribution is 2.30. The lowest BCUT2D eigenvalue weighted by Crippen LogP contribution is -2.10. The van der Waals surface area contributed by atoms with Gasteiger partial charge in [-0.05, 0) is 28.9 Å². The molecule has 1 aromatic rings. The zero-order valence-electron chi connectivity index (χ0n) is 8.84. The summed E-state index contributed by atoms with van der Waals surface area (Å²) in [5.41, 5.74) is -0.987. The quantitative estimate of drug-likeness (QED) is 0.804. The van der Waals surface area contributed by atoms with Crippen LogP contribution >= 0.6 is 15.9 Å². The van der Waals surface area contributed by atoms with Gasteiger partial charge in [0, 0.05) is 10.0 Å². The molecule has 1 rings (SSSR count). The van der Waals surface area contributed by atoms with E-state index in [1.807, 2.05) is 0 Å². The predicted octanol–water partition coefficient (Wildman–Crippen LogP) is 3.44. The molecule has 0 N–H and O–H groups in total. The summed E-state index contributed by atoms with van der Waals surface area (Å²) in [4.78, 5) is 11.6. The number of nitriles is 1. The van der Waals surface area contributed by atoms with Gasteiger partial charge in [0.05, 0.1) is 17.7 Å². The number of ether oxygens (including phenoxy) is 1. The zero-order chi connectivity index (χ0) is 13.0. The molecule has 1 aromatic carbocycles. The molecule has 0 amide bonds. The lowest BCUT2D eigenvalue weighted by atomic mass is 10.0. The fourth-order valence-corrected chi connectivity index (χ4v) is 1.79. The summed E-state index contributed by atoms with van der Waals surface area (Å²) >= 11 is 3.04. The van der Waals surface area contributed by atoms with Crippen molar-refractivity contribution in [3.8, 4) is 6.07 Å². The molecular formula is C11H8BrF2NO2. The zero-order valence-corrected chi connectivity index (χ0v) is 10.4. The maximum Gasteiger partial charge on any atom is 0.340 e. The van der Waals surface area contributed by atoms with E-state index in [-0.39, 0.29) is 22.2 Å². The Morgan fingerprint density at radius 3 is 2.71 bits per heavy atom. The molecule has 0 heterocycles. The number of carbonyl (C=O) groups excluding carboxylic acids is 1. The van der Waals surface area contributed by atoms with E-state index in [1.165, 1.54) is 6.07 Å². The molecule has 0 radical (unpaired) electrons. The number of carbonyl (C=O) groups is 1. The second-order valence-corrected chi connectivity index (χ2v) is 3.87. The lowest BCUT2D eigenvalue weighted by Gasteiger charge is -2.10. The van der Waals surface area contributed by atoms with Gasteiger partial charge in [0.25, 0.3) is 6.43 Å². The van der Waals surface area contributed by atoms with Crippen LogP contribution in [0, 0.1) is 11.3 Å². The minimum atomic E-state index is -2.81. The number of nitrogens with zero attached hydrogens (tertiary/aromatic N) is 1. The highest BCUT2D eigenvalue weighted by molar-refractivity contribution is 9.10. The first-order valence-corrected chi connectivity index (χ1v) is 5.50. The molecule has 3 nitrogen and oxygen atoms in total. The normalized spacial score (nSPS) is 10.1. The second-order valence-electron chi connectivity index (χ2n) is 3.02. The van der Waals surface area contributed by atoms with E-state index in [1.54, 1.807) is 13.0 Å². The summed E-state index contributed by atoms with van der Waals surface area (Å²) in [6.45, 7) is 1.70. The Kier molecular flexibility index (Phi) is 4.58. The molecule has 0 saturated carbocycles. The van der Waals surface area contributed by atoms with Crippen molar-refractivity contribution >= 4 is 21.9 Å². The van der Waals surface area contributed by atoms with Crippen molar-refractivity contribution < 1.29 is 18.3 Å². The summed E-state index contributed by atoms with van der Waals surface area (Å²) in [7, 11) is 0. The molecule has 0 aromatic heterocycles. The fourth-order valence-electron chi connectivity index (χ4n) is 1.30. The minimum absolute atomic E-state index is 0.106. The van der Waals surface area contributed by atoms with Crippen LogP contribution in [0.5, 0.6) is 0 Å². The molecule has 0 unspecified atom stereocenters. The Hall–Kier alpha value is -1.48. The molecule has 6 heteroatoms. The van der Waals surface area contributed by atoms with Crippen LogP contribution in [0.15, 0.2) is 16.6 Å². The first-order chi connectivity index (χ1) is 8.02. The largest absolute Gasteiger partial charge is 0.462 e. The van der Waals surface area contributed by atoms with Crippen LogP contribution in [0.1, 0.15) is 34.8 Å². The summed E-state index contributed by atoms with van der Waals surface area (Å²) in [6, 6.07) is 4.02. The van der Waals surface area contributed by atoms with E-state index < -0.39 is 18.0 Å². The van der Waals surface area contributed by atoms with Crippen molar-refractivity contribution in [2.75, 3.05) is 6.61 Å². The van der Waals surface area contributed by atoms with E-state index >= 15 is 0 Å². The number of alkyl halides is 2. The number of halogens is 3. The van der Waals surface area contributed by atoms with Gasteiger partial charge in [-0.25, -0.2) is 13.6 Å².